The largest absolute Gasteiger partial charge is 0.456 e. The van der Waals surface area contributed by atoms with E-state index < -0.39 is 54.4 Å². The van der Waals surface area contributed by atoms with Crippen LogP contribution in [0.5, 0.6) is 0 Å². The average Bonchev–Trinajstić information content (AvgIpc) is 3.66. The average molecular weight is 635 g/mol. The molecule has 0 bridgehead atoms. The standard InChI is InChI=1S/C48H30O/c1-3-13-31(14-4-1)34-25-27-40-43(29-34)46(33-16-5-2-6-17-33)38-20-9-10-21-39(38)47(40)42-23-12-24-44-48(42)41-28-26-35(30-45(41)49-44)37-22-11-18-32-15-7-8-19-36(32)37/h1-30H/i1D,3D,4D,7D,8D,11D,13D,14D,15D,18D,19D,22D. The lowest BCUT2D eigenvalue weighted by atomic mass is 9.84. The van der Waals surface area contributed by atoms with Gasteiger partial charge in [-0.25, -0.2) is 0 Å². The van der Waals surface area contributed by atoms with Gasteiger partial charge in [0.05, 0.1) is 16.4 Å². The highest BCUT2D eigenvalue weighted by Gasteiger charge is 2.21. The van der Waals surface area contributed by atoms with Gasteiger partial charge in [0.15, 0.2) is 0 Å². The van der Waals surface area contributed by atoms with Crippen molar-refractivity contribution in [2.45, 2.75) is 0 Å². The molecule has 0 aliphatic rings. The molecule has 0 fully saturated rings. The first-order chi connectivity index (χ1) is 29.3. The number of furan rings is 1. The Hall–Kier alpha value is -6.44. The molecular formula is C48H30O. The Balaban J connectivity index is 1.28. The van der Waals surface area contributed by atoms with Gasteiger partial charge in [0.1, 0.15) is 11.2 Å². The lowest BCUT2D eigenvalue weighted by molar-refractivity contribution is 0.669. The Bertz CT molecular complexity index is 3520. The summed E-state index contributed by atoms with van der Waals surface area (Å²) in [6, 6.07) is 29.8. The molecular weight excluding hydrogens is 593 g/mol. The van der Waals surface area contributed by atoms with Crippen LogP contribution in [-0.4, -0.2) is 0 Å². The molecule has 10 rings (SSSR count). The maximum Gasteiger partial charge on any atom is 0.136 e. The fraction of sp³-hybridized carbons (Fsp3) is 0. The van der Waals surface area contributed by atoms with E-state index in [9.17, 15) is 0 Å². The Labute approximate surface area is 301 Å². The van der Waals surface area contributed by atoms with Gasteiger partial charge in [0, 0.05) is 10.8 Å². The van der Waals surface area contributed by atoms with Crippen molar-refractivity contribution >= 4 is 54.3 Å². The van der Waals surface area contributed by atoms with Crippen molar-refractivity contribution in [2.75, 3.05) is 0 Å². The molecule has 228 valence electrons. The summed E-state index contributed by atoms with van der Waals surface area (Å²) in [7, 11) is 0. The van der Waals surface area contributed by atoms with Crippen molar-refractivity contribution in [3.05, 3.63) is 182 Å². The highest BCUT2D eigenvalue weighted by molar-refractivity contribution is 6.26. The molecule has 0 amide bonds. The van der Waals surface area contributed by atoms with E-state index in [2.05, 4.69) is 12.1 Å². The van der Waals surface area contributed by atoms with E-state index in [0.717, 1.165) is 54.6 Å². The van der Waals surface area contributed by atoms with Gasteiger partial charge in [-0.15, -0.1) is 0 Å². The van der Waals surface area contributed by atoms with Crippen LogP contribution in [-0.2, 0) is 0 Å². The number of fused-ring (bicyclic) bond motifs is 6. The Morgan fingerprint density at radius 1 is 0.367 bits per heavy atom. The summed E-state index contributed by atoms with van der Waals surface area (Å²) in [4.78, 5) is 0. The second kappa shape index (κ2) is 11.1. The van der Waals surface area contributed by atoms with E-state index in [0.29, 0.717) is 22.3 Å². The first-order valence-electron chi connectivity index (χ1n) is 21.9. The molecule has 0 N–H and O–H groups in total. The number of benzene rings is 9. The van der Waals surface area contributed by atoms with Crippen LogP contribution in [0.15, 0.2) is 186 Å². The molecule has 1 aromatic heterocycles. The Kier molecular flexibility index (Phi) is 4.11. The van der Waals surface area contributed by atoms with Crippen molar-refractivity contribution in [3.63, 3.8) is 0 Å². The molecule has 0 atom stereocenters. The van der Waals surface area contributed by atoms with Gasteiger partial charge < -0.3 is 4.42 Å². The Morgan fingerprint density at radius 2 is 1.08 bits per heavy atom. The topological polar surface area (TPSA) is 13.1 Å². The van der Waals surface area contributed by atoms with Gasteiger partial charge in [0.25, 0.3) is 0 Å². The van der Waals surface area contributed by atoms with Gasteiger partial charge >= 0.3 is 0 Å². The third-order valence-corrected chi connectivity index (χ3v) is 9.24. The molecule has 0 spiro atoms. The van der Waals surface area contributed by atoms with Crippen LogP contribution in [0.1, 0.15) is 16.4 Å². The first-order valence-corrected chi connectivity index (χ1v) is 15.9. The molecule has 0 saturated carbocycles. The molecule has 1 nitrogen and oxygen atoms in total. The van der Waals surface area contributed by atoms with Crippen molar-refractivity contribution in [1.29, 1.82) is 0 Å². The minimum absolute atomic E-state index is 0.00687. The maximum absolute atomic E-state index is 8.93. The first kappa shape index (κ1) is 18.2. The zero-order valence-electron chi connectivity index (χ0n) is 37.8. The predicted molar refractivity (Wildman–Crippen MR) is 208 cm³/mol. The highest BCUT2D eigenvalue weighted by Crippen LogP contribution is 2.48. The van der Waals surface area contributed by atoms with Crippen LogP contribution >= 0.6 is 0 Å². The van der Waals surface area contributed by atoms with E-state index in [4.69, 9.17) is 20.9 Å². The minimum Gasteiger partial charge on any atom is -0.456 e. The molecule has 10 aromatic rings. The van der Waals surface area contributed by atoms with Gasteiger partial charge in [-0.2, -0.15) is 0 Å². The summed E-state index contributed by atoms with van der Waals surface area (Å²) in [6.07, 6.45) is 0. The molecule has 0 aliphatic heterocycles. The molecule has 1 heteroatoms. The van der Waals surface area contributed by atoms with Gasteiger partial charge in [-0.05, 0) is 101 Å². The van der Waals surface area contributed by atoms with Crippen molar-refractivity contribution in [3.8, 4) is 44.5 Å². The predicted octanol–water partition coefficient (Wildman–Crippen LogP) is 13.7. The molecule has 0 radical (unpaired) electrons. The van der Waals surface area contributed by atoms with E-state index >= 15 is 0 Å². The third-order valence-electron chi connectivity index (χ3n) is 9.24. The summed E-state index contributed by atoms with van der Waals surface area (Å²) >= 11 is 0. The fourth-order valence-electron chi connectivity index (χ4n) is 7.15. The smallest absolute Gasteiger partial charge is 0.136 e. The maximum atomic E-state index is 8.93. The number of hydrogen-bond acceptors (Lipinski definition) is 1. The summed E-state index contributed by atoms with van der Waals surface area (Å²) < 4.78 is 109. The number of rotatable bonds is 4. The summed E-state index contributed by atoms with van der Waals surface area (Å²) in [5, 5.41) is 4.93. The van der Waals surface area contributed by atoms with Crippen LogP contribution < -0.4 is 0 Å². The molecule has 49 heavy (non-hydrogen) atoms. The van der Waals surface area contributed by atoms with Crippen LogP contribution in [0.2, 0.25) is 0 Å². The van der Waals surface area contributed by atoms with Crippen molar-refractivity contribution in [2.24, 2.45) is 0 Å². The van der Waals surface area contributed by atoms with Crippen LogP contribution in [0.4, 0.5) is 0 Å². The van der Waals surface area contributed by atoms with Crippen LogP contribution in [0.25, 0.3) is 98.8 Å². The summed E-state index contributed by atoms with van der Waals surface area (Å²) in [6.45, 7) is 0. The molecule has 1 heterocycles. The normalized spacial score (nSPS) is 15.1. The SMILES string of the molecule is [2H]c1c([2H])c([2H])c(-c2ccc3c(-c4cccc5oc6cc(-c7c([2H])c([2H])c([2H])c8c([2H])c([2H])c([2H])c([2H])c78)ccc6c45)c4ccccc4c(-c4ccccc4)c3c2)c([2H])c1[2H]. The van der Waals surface area contributed by atoms with Gasteiger partial charge in [-0.1, -0.05) is 157 Å². The fourth-order valence-corrected chi connectivity index (χ4v) is 7.15. The molecule has 0 saturated heterocycles. The lowest BCUT2D eigenvalue weighted by Gasteiger charge is -2.19. The summed E-state index contributed by atoms with van der Waals surface area (Å²) in [5.41, 5.74) is 5.66. The van der Waals surface area contributed by atoms with E-state index in [1.807, 2.05) is 78.9 Å². The second-order valence-electron chi connectivity index (χ2n) is 11.9. The lowest BCUT2D eigenvalue weighted by Crippen LogP contribution is -1.92. The number of hydrogen-bond donors (Lipinski definition) is 0. The second-order valence-corrected chi connectivity index (χ2v) is 11.9. The van der Waals surface area contributed by atoms with Crippen LogP contribution in [0, 0.1) is 0 Å². The van der Waals surface area contributed by atoms with Crippen molar-refractivity contribution < 1.29 is 20.9 Å². The van der Waals surface area contributed by atoms with Crippen LogP contribution in [0.3, 0.4) is 0 Å². The van der Waals surface area contributed by atoms with E-state index in [-0.39, 0.29) is 40.0 Å². The summed E-state index contributed by atoms with van der Waals surface area (Å²) in [5.74, 6) is 0. The molecule has 0 aliphatic carbocycles. The minimum atomic E-state index is -0.517. The zero-order valence-corrected chi connectivity index (χ0v) is 25.8. The van der Waals surface area contributed by atoms with Gasteiger partial charge in [0.2, 0.25) is 0 Å². The quantitative estimate of drug-likeness (QED) is 0.176. The van der Waals surface area contributed by atoms with E-state index in [1.165, 1.54) is 0 Å². The monoisotopic (exact) mass is 634 g/mol. The van der Waals surface area contributed by atoms with Crippen molar-refractivity contribution in [1.82, 2.24) is 0 Å². The Morgan fingerprint density at radius 3 is 1.96 bits per heavy atom. The highest BCUT2D eigenvalue weighted by atomic mass is 16.3. The molecule has 0 unspecified atom stereocenters. The molecule has 9 aromatic carbocycles. The van der Waals surface area contributed by atoms with Gasteiger partial charge in [-0.3, -0.25) is 0 Å². The zero-order chi connectivity index (χ0) is 42.8. The van der Waals surface area contributed by atoms with E-state index in [1.54, 1.807) is 18.2 Å². The third kappa shape index (κ3) is 4.40.